The number of thioether (sulfide) groups is 1. The fraction of sp³-hybridized carbons (Fsp3) is 0.462. The average Bonchev–Trinajstić information content (AvgIpc) is 2.66. The van der Waals surface area contributed by atoms with Crippen LogP contribution < -0.4 is 0 Å². The molecule has 0 N–H and O–H groups in total. The van der Waals surface area contributed by atoms with Gasteiger partial charge in [0, 0.05) is 11.8 Å². The van der Waals surface area contributed by atoms with Crippen molar-refractivity contribution in [2.75, 3.05) is 6.26 Å². The molecule has 0 fully saturated rings. The fourth-order valence-corrected chi connectivity index (χ4v) is 2.43. The van der Waals surface area contributed by atoms with Crippen molar-refractivity contribution in [1.29, 1.82) is 0 Å². The number of rotatable bonds is 4. The number of hydrogen-bond acceptors (Lipinski definition) is 2. The molecule has 1 unspecified atom stereocenters. The Balaban J connectivity index is 2.50. The number of alkyl halides is 1. The molecule has 1 aromatic heterocycles. The van der Waals surface area contributed by atoms with Gasteiger partial charge in [-0.05, 0) is 30.9 Å². The third-order valence-corrected chi connectivity index (χ3v) is 4.14. The van der Waals surface area contributed by atoms with E-state index < -0.39 is 0 Å². The molecule has 1 atom stereocenters. The molecule has 0 aliphatic rings. The summed E-state index contributed by atoms with van der Waals surface area (Å²) in [6.45, 7) is 5.27. The van der Waals surface area contributed by atoms with Crippen molar-refractivity contribution in [1.82, 2.24) is 9.55 Å². The zero-order valence-electron chi connectivity index (χ0n) is 10.4. The molecule has 0 radical (unpaired) electrons. The van der Waals surface area contributed by atoms with E-state index in [0.717, 1.165) is 17.9 Å². The van der Waals surface area contributed by atoms with Gasteiger partial charge in [-0.3, -0.25) is 0 Å². The Morgan fingerprint density at radius 3 is 2.88 bits per heavy atom. The third kappa shape index (κ3) is 2.61. The maximum atomic E-state index is 5.98. The summed E-state index contributed by atoms with van der Waals surface area (Å²) in [5, 5.41) is 0.565. The van der Waals surface area contributed by atoms with Gasteiger partial charge in [0.15, 0.2) is 0 Å². The molecular formula is C13H17ClN2S. The molecule has 0 bridgehead atoms. The predicted octanol–water partition coefficient (Wildman–Crippen LogP) is 3.84. The van der Waals surface area contributed by atoms with Gasteiger partial charge in [-0.15, -0.1) is 11.6 Å². The van der Waals surface area contributed by atoms with Crippen LogP contribution in [0.1, 0.15) is 18.3 Å². The fourth-order valence-electron chi connectivity index (χ4n) is 1.93. The Kier molecular flexibility index (Phi) is 4.00. The van der Waals surface area contributed by atoms with Gasteiger partial charge in [-0.25, -0.2) is 4.98 Å². The Labute approximate surface area is 111 Å². The molecule has 0 amide bonds. The van der Waals surface area contributed by atoms with Crippen LogP contribution in [0.5, 0.6) is 0 Å². The number of fused-ring (bicyclic) bond motifs is 1. The van der Waals surface area contributed by atoms with Crippen LogP contribution in [-0.4, -0.2) is 21.1 Å². The monoisotopic (exact) mass is 268 g/mol. The lowest BCUT2D eigenvalue weighted by Gasteiger charge is -2.12. The van der Waals surface area contributed by atoms with Crippen LogP contribution >= 0.6 is 23.4 Å². The van der Waals surface area contributed by atoms with E-state index in [4.69, 9.17) is 11.6 Å². The summed E-state index contributed by atoms with van der Waals surface area (Å²) in [7, 11) is 0. The van der Waals surface area contributed by atoms with Crippen LogP contribution in [0.15, 0.2) is 18.2 Å². The van der Waals surface area contributed by atoms with Crippen molar-refractivity contribution in [2.45, 2.75) is 31.5 Å². The summed E-state index contributed by atoms with van der Waals surface area (Å²) in [5.41, 5.74) is 3.47. The van der Waals surface area contributed by atoms with Crippen LogP contribution in [0, 0.1) is 6.92 Å². The van der Waals surface area contributed by atoms with Gasteiger partial charge < -0.3 is 4.57 Å². The summed E-state index contributed by atoms with van der Waals surface area (Å²) < 4.78 is 2.24. The Bertz CT molecular complexity index is 521. The standard InChI is InChI=1S/C13H17ClN2S/c1-9-4-5-12-11(6-9)15-13(7-14)16(12)8-10(2)17-3/h4-6,10H,7-8H2,1-3H3. The van der Waals surface area contributed by atoms with Gasteiger partial charge in [0.25, 0.3) is 0 Å². The quantitative estimate of drug-likeness (QED) is 0.785. The molecule has 2 nitrogen and oxygen atoms in total. The number of halogens is 1. The van der Waals surface area contributed by atoms with Crippen molar-refractivity contribution in [2.24, 2.45) is 0 Å². The van der Waals surface area contributed by atoms with Crippen LogP contribution in [0.3, 0.4) is 0 Å². The van der Waals surface area contributed by atoms with Crippen molar-refractivity contribution >= 4 is 34.4 Å². The Hall–Kier alpha value is -0.670. The van der Waals surface area contributed by atoms with E-state index in [1.54, 1.807) is 0 Å². The van der Waals surface area contributed by atoms with E-state index in [0.29, 0.717) is 11.1 Å². The molecule has 0 saturated heterocycles. The van der Waals surface area contributed by atoms with Gasteiger partial charge >= 0.3 is 0 Å². The summed E-state index contributed by atoms with van der Waals surface area (Å²) in [6, 6.07) is 6.38. The van der Waals surface area contributed by atoms with E-state index in [1.165, 1.54) is 11.1 Å². The molecule has 2 aromatic rings. The molecule has 2 rings (SSSR count). The SMILES string of the molecule is CSC(C)Cn1c(CCl)nc2cc(C)ccc21. The zero-order chi connectivity index (χ0) is 12.4. The van der Waals surface area contributed by atoms with Crippen LogP contribution in [0.2, 0.25) is 0 Å². The minimum absolute atomic E-state index is 0.467. The molecule has 0 aliphatic heterocycles. The largest absolute Gasteiger partial charge is 0.326 e. The Morgan fingerprint density at radius 1 is 1.47 bits per heavy atom. The van der Waals surface area contributed by atoms with Crippen LogP contribution in [0.25, 0.3) is 11.0 Å². The van der Waals surface area contributed by atoms with Crippen molar-refractivity contribution in [3.8, 4) is 0 Å². The summed E-state index contributed by atoms with van der Waals surface area (Å²) in [5.74, 6) is 1.43. The zero-order valence-corrected chi connectivity index (χ0v) is 12.0. The van der Waals surface area contributed by atoms with Gasteiger partial charge in [-0.2, -0.15) is 11.8 Å². The average molecular weight is 269 g/mol. The lowest BCUT2D eigenvalue weighted by atomic mass is 10.2. The minimum Gasteiger partial charge on any atom is -0.326 e. The maximum absolute atomic E-state index is 5.98. The van der Waals surface area contributed by atoms with E-state index in [2.05, 4.69) is 47.9 Å². The van der Waals surface area contributed by atoms with Crippen LogP contribution in [-0.2, 0) is 12.4 Å². The summed E-state index contributed by atoms with van der Waals surface area (Å²) >= 11 is 7.84. The number of hydrogen-bond donors (Lipinski definition) is 0. The maximum Gasteiger partial charge on any atom is 0.124 e. The third-order valence-electron chi connectivity index (χ3n) is 2.94. The number of benzene rings is 1. The highest BCUT2D eigenvalue weighted by Gasteiger charge is 2.12. The first-order chi connectivity index (χ1) is 8.15. The molecule has 92 valence electrons. The smallest absolute Gasteiger partial charge is 0.124 e. The minimum atomic E-state index is 0.467. The second-order valence-corrected chi connectivity index (χ2v) is 5.85. The van der Waals surface area contributed by atoms with Gasteiger partial charge in [-0.1, -0.05) is 13.0 Å². The van der Waals surface area contributed by atoms with E-state index >= 15 is 0 Å². The highest BCUT2D eigenvalue weighted by molar-refractivity contribution is 7.99. The van der Waals surface area contributed by atoms with Gasteiger partial charge in [0.1, 0.15) is 5.82 Å². The number of nitrogens with zero attached hydrogens (tertiary/aromatic N) is 2. The normalized spacial score (nSPS) is 13.2. The molecule has 0 spiro atoms. The van der Waals surface area contributed by atoms with Gasteiger partial charge in [0.2, 0.25) is 0 Å². The van der Waals surface area contributed by atoms with Crippen molar-refractivity contribution < 1.29 is 0 Å². The lowest BCUT2D eigenvalue weighted by molar-refractivity contribution is 0.684. The molecule has 0 aliphatic carbocycles. The molecule has 4 heteroatoms. The molecule has 0 saturated carbocycles. The number of imidazole rings is 1. The van der Waals surface area contributed by atoms with Crippen molar-refractivity contribution in [3.05, 3.63) is 29.6 Å². The number of aromatic nitrogens is 2. The molecular weight excluding hydrogens is 252 g/mol. The molecule has 17 heavy (non-hydrogen) atoms. The van der Waals surface area contributed by atoms with Crippen LogP contribution in [0.4, 0.5) is 0 Å². The first kappa shape index (κ1) is 12.8. The first-order valence-electron chi connectivity index (χ1n) is 5.70. The predicted molar refractivity (Wildman–Crippen MR) is 77.0 cm³/mol. The second kappa shape index (κ2) is 5.32. The molecule has 1 heterocycles. The van der Waals surface area contributed by atoms with Gasteiger partial charge in [0.05, 0.1) is 16.9 Å². The van der Waals surface area contributed by atoms with E-state index in [-0.39, 0.29) is 0 Å². The topological polar surface area (TPSA) is 17.8 Å². The summed E-state index contributed by atoms with van der Waals surface area (Å²) in [4.78, 5) is 4.60. The summed E-state index contributed by atoms with van der Waals surface area (Å²) in [6.07, 6.45) is 2.13. The highest BCUT2D eigenvalue weighted by Crippen LogP contribution is 2.21. The highest BCUT2D eigenvalue weighted by atomic mass is 35.5. The lowest BCUT2D eigenvalue weighted by Crippen LogP contribution is -2.11. The first-order valence-corrected chi connectivity index (χ1v) is 7.52. The second-order valence-electron chi connectivity index (χ2n) is 4.31. The number of aryl methyl sites for hydroxylation is 1. The molecule has 1 aromatic carbocycles. The van der Waals surface area contributed by atoms with E-state index in [1.807, 2.05) is 11.8 Å². The van der Waals surface area contributed by atoms with Crippen molar-refractivity contribution in [3.63, 3.8) is 0 Å². The van der Waals surface area contributed by atoms with E-state index in [9.17, 15) is 0 Å². The Morgan fingerprint density at radius 2 is 2.24 bits per heavy atom.